The van der Waals surface area contributed by atoms with E-state index in [-0.39, 0.29) is 29.8 Å². The van der Waals surface area contributed by atoms with Crippen LogP contribution in [-0.2, 0) is 9.59 Å². The summed E-state index contributed by atoms with van der Waals surface area (Å²) in [6.07, 6.45) is 4.81. The molecule has 1 heterocycles. The predicted molar refractivity (Wildman–Crippen MR) is 76.7 cm³/mol. The summed E-state index contributed by atoms with van der Waals surface area (Å²) in [5.74, 6) is 0.323. The maximum atomic E-state index is 12.5. The molecular weight excluding hydrogens is 240 g/mol. The van der Waals surface area contributed by atoms with Crippen molar-refractivity contribution in [1.29, 1.82) is 0 Å². The van der Waals surface area contributed by atoms with Crippen molar-refractivity contribution in [3.8, 4) is 0 Å². The summed E-state index contributed by atoms with van der Waals surface area (Å²) in [6.45, 7) is 8.90. The monoisotopic (exact) mass is 268 g/mol. The third kappa shape index (κ3) is 3.71. The molecule has 1 N–H and O–H groups in total. The topological polar surface area (TPSA) is 49.4 Å². The third-order valence-corrected chi connectivity index (χ3v) is 4.13. The lowest BCUT2D eigenvalue weighted by Crippen LogP contribution is -2.64. The van der Waals surface area contributed by atoms with E-state index < -0.39 is 0 Å². The van der Waals surface area contributed by atoms with E-state index in [9.17, 15) is 9.59 Å². The van der Waals surface area contributed by atoms with Crippen LogP contribution in [-0.4, -0.2) is 35.3 Å². The number of unbranched alkanes of at least 4 members (excludes halogenated alkanes) is 2. The summed E-state index contributed by atoms with van der Waals surface area (Å²) in [6, 6.07) is -0.605. The molecule has 4 heteroatoms. The Bertz CT molecular complexity index is 317. The lowest BCUT2D eigenvalue weighted by atomic mass is 9.93. The van der Waals surface area contributed by atoms with Crippen molar-refractivity contribution < 1.29 is 9.59 Å². The van der Waals surface area contributed by atoms with Gasteiger partial charge in [-0.25, -0.2) is 0 Å². The van der Waals surface area contributed by atoms with Crippen molar-refractivity contribution in [2.45, 2.75) is 71.9 Å². The van der Waals surface area contributed by atoms with Crippen LogP contribution in [0.3, 0.4) is 0 Å². The van der Waals surface area contributed by atoms with Gasteiger partial charge in [0.05, 0.1) is 0 Å². The molecular formula is C15H28N2O2. The standard InChI is InChI=1S/C15H28N2O2/c1-5-8-9-10-17-12(7-3)14(18)16-13(15(17)19)11(4)6-2/h11-13H,5-10H2,1-4H3,(H,16,18). The van der Waals surface area contributed by atoms with Gasteiger partial charge in [-0.2, -0.15) is 0 Å². The Labute approximate surface area is 116 Å². The highest BCUT2D eigenvalue weighted by atomic mass is 16.2. The number of piperazine rings is 1. The van der Waals surface area contributed by atoms with E-state index >= 15 is 0 Å². The highest BCUT2D eigenvalue weighted by Crippen LogP contribution is 2.20. The van der Waals surface area contributed by atoms with Gasteiger partial charge in [0.15, 0.2) is 0 Å². The molecule has 0 spiro atoms. The summed E-state index contributed by atoms with van der Waals surface area (Å²) in [5, 5.41) is 2.91. The Morgan fingerprint density at radius 1 is 1.21 bits per heavy atom. The summed E-state index contributed by atoms with van der Waals surface area (Å²) < 4.78 is 0. The largest absolute Gasteiger partial charge is 0.342 e. The van der Waals surface area contributed by atoms with Crippen molar-refractivity contribution >= 4 is 11.8 Å². The number of hydrogen-bond donors (Lipinski definition) is 1. The second-order valence-electron chi connectivity index (χ2n) is 5.53. The van der Waals surface area contributed by atoms with Crippen molar-refractivity contribution in [2.75, 3.05) is 6.54 Å². The molecule has 0 aromatic rings. The lowest BCUT2D eigenvalue weighted by molar-refractivity contribution is -0.151. The van der Waals surface area contributed by atoms with Gasteiger partial charge >= 0.3 is 0 Å². The van der Waals surface area contributed by atoms with Gasteiger partial charge in [0.25, 0.3) is 0 Å². The summed E-state index contributed by atoms with van der Waals surface area (Å²) in [5.41, 5.74) is 0. The molecule has 4 nitrogen and oxygen atoms in total. The quantitative estimate of drug-likeness (QED) is 0.720. The first-order chi connectivity index (χ1) is 9.06. The van der Waals surface area contributed by atoms with Gasteiger partial charge in [0.1, 0.15) is 12.1 Å². The minimum Gasteiger partial charge on any atom is -0.342 e. The molecule has 0 bridgehead atoms. The molecule has 1 aliphatic rings. The zero-order valence-electron chi connectivity index (χ0n) is 12.7. The van der Waals surface area contributed by atoms with Gasteiger partial charge in [0, 0.05) is 6.54 Å². The molecule has 3 atom stereocenters. The zero-order valence-corrected chi connectivity index (χ0v) is 12.7. The van der Waals surface area contributed by atoms with Gasteiger partial charge < -0.3 is 10.2 Å². The maximum Gasteiger partial charge on any atom is 0.246 e. The summed E-state index contributed by atoms with van der Waals surface area (Å²) in [4.78, 5) is 26.5. The molecule has 0 radical (unpaired) electrons. The number of nitrogens with zero attached hydrogens (tertiary/aromatic N) is 1. The number of carbonyl (C=O) groups excluding carboxylic acids is 2. The van der Waals surface area contributed by atoms with Crippen LogP contribution >= 0.6 is 0 Å². The maximum absolute atomic E-state index is 12.5. The van der Waals surface area contributed by atoms with Gasteiger partial charge in [-0.1, -0.05) is 47.0 Å². The van der Waals surface area contributed by atoms with Crippen molar-refractivity contribution in [2.24, 2.45) is 5.92 Å². The van der Waals surface area contributed by atoms with Crippen LogP contribution in [0.4, 0.5) is 0 Å². The van der Waals surface area contributed by atoms with Crippen LogP contribution in [0, 0.1) is 5.92 Å². The highest BCUT2D eigenvalue weighted by Gasteiger charge is 2.40. The Morgan fingerprint density at radius 3 is 2.42 bits per heavy atom. The Balaban J connectivity index is 2.80. The van der Waals surface area contributed by atoms with Gasteiger partial charge in [-0.05, 0) is 18.8 Å². The van der Waals surface area contributed by atoms with Crippen molar-refractivity contribution in [3.05, 3.63) is 0 Å². The van der Waals surface area contributed by atoms with E-state index in [1.54, 1.807) is 0 Å². The molecule has 2 amide bonds. The second kappa shape index (κ2) is 7.51. The van der Waals surface area contributed by atoms with Gasteiger partial charge in [-0.15, -0.1) is 0 Å². The van der Waals surface area contributed by atoms with E-state index in [2.05, 4.69) is 19.2 Å². The van der Waals surface area contributed by atoms with E-state index in [1.165, 1.54) is 0 Å². The molecule has 3 unspecified atom stereocenters. The van der Waals surface area contributed by atoms with Crippen LogP contribution in [0.1, 0.15) is 59.8 Å². The van der Waals surface area contributed by atoms with Crippen LogP contribution in [0.2, 0.25) is 0 Å². The predicted octanol–water partition coefficient (Wildman–Crippen LogP) is 2.33. The van der Waals surface area contributed by atoms with E-state index in [0.29, 0.717) is 13.0 Å². The normalized spacial score (nSPS) is 25.4. The molecule has 0 aromatic heterocycles. The fourth-order valence-corrected chi connectivity index (χ4v) is 2.61. The molecule has 1 saturated heterocycles. The molecule has 0 aliphatic carbocycles. The minimum atomic E-state index is -0.332. The molecule has 1 aliphatic heterocycles. The van der Waals surface area contributed by atoms with Gasteiger partial charge in [0.2, 0.25) is 11.8 Å². The van der Waals surface area contributed by atoms with E-state index in [1.807, 2.05) is 18.7 Å². The molecule has 110 valence electrons. The molecule has 0 saturated carbocycles. The first-order valence-corrected chi connectivity index (χ1v) is 7.67. The average molecular weight is 268 g/mol. The summed E-state index contributed by atoms with van der Waals surface area (Å²) in [7, 11) is 0. The fourth-order valence-electron chi connectivity index (χ4n) is 2.61. The van der Waals surface area contributed by atoms with Crippen molar-refractivity contribution in [1.82, 2.24) is 10.2 Å². The number of amides is 2. The van der Waals surface area contributed by atoms with E-state index in [4.69, 9.17) is 0 Å². The molecule has 1 fully saturated rings. The number of nitrogens with one attached hydrogen (secondary N) is 1. The van der Waals surface area contributed by atoms with Crippen LogP contribution < -0.4 is 5.32 Å². The second-order valence-corrected chi connectivity index (χ2v) is 5.53. The zero-order chi connectivity index (χ0) is 14.4. The Hall–Kier alpha value is -1.06. The third-order valence-electron chi connectivity index (χ3n) is 4.13. The number of rotatable bonds is 7. The molecule has 19 heavy (non-hydrogen) atoms. The molecule has 0 aromatic carbocycles. The summed E-state index contributed by atoms with van der Waals surface area (Å²) >= 11 is 0. The van der Waals surface area contributed by atoms with Crippen molar-refractivity contribution in [3.63, 3.8) is 0 Å². The van der Waals surface area contributed by atoms with Crippen LogP contribution in [0.5, 0.6) is 0 Å². The average Bonchev–Trinajstić information content (AvgIpc) is 2.41. The number of hydrogen-bond acceptors (Lipinski definition) is 2. The smallest absolute Gasteiger partial charge is 0.246 e. The van der Waals surface area contributed by atoms with E-state index in [0.717, 1.165) is 25.7 Å². The lowest BCUT2D eigenvalue weighted by Gasteiger charge is -2.40. The minimum absolute atomic E-state index is 0.0175. The SMILES string of the molecule is CCCCCN1C(=O)C(C(C)CC)NC(=O)C1CC. The first kappa shape index (κ1) is 16.0. The first-order valence-electron chi connectivity index (χ1n) is 7.67. The van der Waals surface area contributed by atoms with Crippen LogP contribution in [0.15, 0.2) is 0 Å². The molecule has 1 rings (SSSR count). The Morgan fingerprint density at radius 2 is 1.89 bits per heavy atom. The Kier molecular flexibility index (Phi) is 6.32. The van der Waals surface area contributed by atoms with Crippen LogP contribution in [0.25, 0.3) is 0 Å². The highest BCUT2D eigenvalue weighted by molar-refractivity contribution is 5.97. The fraction of sp³-hybridized carbons (Fsp3) is 0.867. The van der Waals surface area contributed by atoms with Gasteiger partial charge in [-0.3, -0.25) is 9.59 Å². The number of carbonyl (C=O) groups is 2.